The summed E-state index contributed by atoms with van der Waals surface area (Å²) in [5.74, 6) is 1.42. The molecule has 5 rings (SSSR count). The first kappa shape index (κ1) is 20.8. The van der Waals surface area contributed by atoms with Crippen LogP contribution in [0.5, 0.6) is 5.75 Å². The molecule has 0 N–H and O–H groups in total. The number of hydrogen-bond donors (Lipinski definition) is 0. The molecule has 32 heavy (non-hydrogen) atoms. The van der Waals surface area contributed by atoms with Crippen LogP contribution in [0.15, 0.2) is 84.9 Å². The molecule has 0 saturated heterocycles. The van der Waals surface area contributed by atoms with Gasteiger partial charge in [0.15, 0.2) is 0 Å². The van der Waals surface area contributed by atoms with Gasteiger partial charge in [0.05, 0.1) is 5.92 Å². The molecule has 2 unspecified atom stereocenters. The molecular formula is C30H30O2. The molecule has 4 aromatic carbocycles. The lowest BCUT2D eigenvalue weighted by Crippen LogP contribution is -2.28. The molecule has 0 aromatic heterocycles. The molecule has 0 saturated carbocycles. The van der Waals surface area contributed by atoms with E-state index < -0.39 is 6.29 Å². The number of rotatable bonds is 7. The summed E-state index contributed by atoms with van der Waals surface area (Å²) in [5, 5.41) is 2.41. The van der Waals surface area contributed by atoms with Crippen LogP contribution in [-0.4, -0.2) is 12.9 Å². The lowest BCUT2D eigenvalue weighted by molar-refractivity contribution is -0.0833. The first-order valence-corrected chi connectivity index (χ1v) is 11.7. The van der Waals surface area contributed by atoms with Gasteiger partial charge in [-0.3, -0.25) is 0 Å². The largest absolute Gasteiger partial charge is 0.463 e. The highest BCUT2D eigenvalue weighted by Crippen LogP contribution is 2.47. The molecule has 1 aliphatic rings. The molecule has 162 valence electrons. The third-order valence-electron chi connectivity index (χ3n) is 6.79. The Bertz CT molecular complexity index is 1200. The summed E-state index contributed by atoms with van der Waals surface area (Å²) >= 11 is 0. The van der Waals surface area contributed by atoms with E-state index in [1.54, 1.807) is 0 Å². The van der Waals surface area contributed by atoms with Crippen molar-refractivity contribution in [1.29, 1.82) is 0 Å². The number of benzene rings is 4. The van der Waals surface area contributed by atoms with Crippen LogP contribution >= 0.6 is 0 Å². The smallest absolute Gasteiger partial charge is 0.210 e. The summed E-state index contributed by atoms with van der Waals surface area (Å²) in [6.45, 7) is 7.16. The summed E-state index contributed by atoms with van der Waals surface area (Å²) < 4.78 is 13.0. The average Bonchev–Trinajstić information content (AvgIpc) is 3.18. The molecule has 0 radical (unpaired) electrons. The molecule has 2 atom stereocenters. The maximum atomic E-state index is 6.71. The molecule has 4 aromatic rings. The van der Waals surface area contributed by atoms with Crippen molar-refractivity contribution in [3.8, 4) is 16.9 Å². The Labute approximate surface area is 190 Å². The van der Waals surface area contributed by atoms with E-state index in [2.05, 4.69) is 98.8 Å². The van der Waals surface area contributed by atoms with Gasteiger partial charge in [0.25, 0.3) is 0 Å². The highest BCUT2D eigenvalue weighted by molar-refractivity contribution is 5.91. The van der Waals surface area contributed by atoms with Gasteiger partial charge in [-0.05, 0) is 58.5 Å². The Hall–Kier alpha value is -3.10. The van der Waals surface area contributed by atoms with Gasteiger partial charge in [0, 0.05) is 12.0 Å². The van der Waals surface area contributed by atoms with Gasteiger partial charge in [0.2, 0.25) is 6.29 Å². The average molecular weight is 423 g/mol. The second-order valence-electron chi connectivity index (χ2n) is 8.60. The van der Waals surface area contributed by atoms with Gasteiger partial charge < -0.3 is 9.47 Å². The van der Waals surface area contributed by atoms with E-state index in [1.165, 1.54) is 33.2 Å². The molecule has 0 amide bonds. The third-order valence-corrected chi connectivity index (χ3v) is 6.79. The Kier molecular flexibility index (Phi) is 5.71. The molecule has 2 nitrogen and oxygen atoms in total. The Balaban J connectivity index is 1.59. The normalized spacial score (nSPS) is 14.7. The summed E-state index contributed by atoms with van der Waals surface area (Å²) in [6, 6.07) is 30.2. The fourth-order valence-electron chi connectivity index (χ4n) is 5.02. The van der Waals surface area contributed by atoms with E-state index in [1.807, 2.05) is 6.92 Å². The fourth-order valence-corrected chi connectivity index (χ4v) is 5.02. The Morgan fingerprint density at radius 3 is 1.94 bits per heavy atom. The fraction of sp³-hybridized carbons (Fsp3) is 0.267. The summed E-state index contributed by atoms with van der Waals surface area (Å²) in [4.78, 5) is 0. The predicted molar refractivity (Wildman–Crippen MR) is 132 cm³/mol. The van der Waals surface area contributed by atoms with Crippen molar-refractivity contribution >= 4 is 10.8 Å². The molecule has 1 aliphatic carbocycles. The SMILES string of the molecule is CCOC(Oc1ccc(C(C)CC)c2ccccc12)C1c2ccccc2-c2ccccc21. The van der Waals surface area contributed by atoms with Crippen molar-refractivity contribution in [3.05, 3.63) is 102 Å². The van der Waals surface area contributed by atoms with Gasteiger partial charge in [-0.2, -0.15) is 0 Å². The zero-order valence-corrected chi connectivity index (χ0v) is 19.0. The third kappa shape index (κ3) is 3.49. The van der Waals surface area contributed by atoms with Crippen LogP contribution in [-0.2, 0) is 4.74 Å². The first-order valence-electron chi connectivity index (χ1n) is 11.7. The van der Waals surface area contributed by atoms with E-state index in [0.717, 1.165) is 17.6 Å². The molecule has 0 fully saturated rings. The maximum Gasteiger partial charge on any atom is 0.210 e. The van der Waals surface area contributed by atoms with Crippen molar-refractivity contribution in [2.24, 2.45) is 0 Å². The van der Waals surface area contributed by atoms with Crippen molar-refractivity contribution in [1.82, 2.24) is 0 Å². The van der Waals surface area contributed by atoms with E-state index in [9.17, 15) is 0 Å². The van der Waals surface area contributed by atoms with Gasteiger partial charge in [0.1, 0.15) is 5.75 Å². The Morgan fingerprint density at radius 2 is 1.31 bits per heavy atom. The lowest BCUT2D eigenvalue weighted by atomic mass is 9.92. The lowest BCUT2D eigenvalue weighted by Gasteiger charge is -2.27. The second kappa shape index (κ2) is 8.80. The highest BCUT2D eigenvalue weighted by Gasteiger charge is 2.36. The van der Waals surface area contributed by atoms with Crippen LogP contribution < -0.4 is 4.74 Å². The van der Waals surface area contributed by atoms with Crippen LogP contribution in [0.1, 0.15) is 55.7 Å². The van der Waals surface area contributed by atoms with Gasteiger partial charge in [-0.25, -0.2) is 0 Å². The van der Waals surface area contributed by atoms with Crippen LogP contribution in [0, 0.1) is 0 Å². The molecule has 0 aliphatic heterocycles. The minimum atomic E-state index is -0.400. The molecule has 0 spiro atoms. The van der Waals surface area contributed by atoms with Crippen LogP contribution in [0.3, 0.4) is 0 Å². The van der Waals surface area contributed by atoms with E-state index >= 15 is 0 Å². The molecule has 0 bridgehead atoms. The number of hydrogen-bond acceptors (Lipinski definition) is 2. The predicted octanol–water partition coefficient (Wildman–Crippen LogP) is 7.91. The molecular weight excluding hydrogens is 392 g/mol. The zero-order valence-electron chi connectivity index (χ0n) is 19.0. The maximum absolute atomic E-state index is 6.71. The van der Waals surface area contributed by atoms with Crippen LogP contribution in [0.4, 0.5) is 0 Å². The van der Waals surface area contributed by atoms with E-state index in [0.29, 0.717) is 12.5 Å². The monoisotopic (exact) mass is 422 g/mol. The number of fused-ring (bicyclic) bond motifs is 4. The van der Waals surface area contributed by atoms with Crippen molar-refractivity contribution in [2.45, 2.75) is 45.3 Å². The van der Waals surface area contributed by atoms with E-state index in [4.69, 9.17) is 9.47 Å². The Morgan fingerprint density at radius 1 is 0.719 bits per heavy atom. The van der Waals surface area contributed by atoms with Gasteiger partial charge in [-0.1, -0.05) is 92.7 Å². The minimum Gasteiger partial charge on any atom is -0.463 e. The number of ether oxygens (including phenoxy) is 2. The van der Waals surface area contributed by atoms with Crippen molar-refractivity contribution in [2.75, 3.05) is 6.61 Å². The van der Waals surface area contributed by atoms with Crippen molar-refractivity contribution < 1.29 is 9.47 Å². The second-order valence-corrected chi connectivity index (χ2v) is 8.60. The topological polar surface area (TPSA) is 18.5 Å². The summed E-state index contributed by atoms with van der Waals surface area (Å²) in [6.07, 6.45) is 0.712. The first-order chi connectivity index (χ1) is 15.7. The molecule has 2 heteroatoms. The summed E-state index contributed by atoms with van der Waals surface area (Å²) in [7, 11) is 0. The quantitative estimate of drug-likeness (QED) is 0.282. The van der Waals surface area contributed by atoms with E-state index in [-0.39, 0.29) is 5.92 Å². The van der Waals surface area contributed by atoms with Crippen LogP contribution in [0.2, 0.25) is 0 Å². The van der Waals surface area contributed by atoms with Gasteiger partial charge in [-0.15, -0.1) is 0 Å². The standard InChI is InChI=1S/C30H30O2/c1-4-20(3)21-18-19-28(25-15-9-6-12-22(21)25)32-30(31-5-2)29-26-16-10-7-13-23(26)24-14-8-11-17-27(24)29/h6-20,29-30H,4-5H2,1-3H3. The summed E-state index contributed by atoms with van der Waals surface area (Å²) in [5.41, 5.74) is 6.47. The molecule has 0 heterocycles. The zero-order chi connectivity index (χ0) is 22.1. The minimum absolute atomic E-state index is 0.0374. The van der Waals surface area contributed by atoms with Crippen molar-refractivity contribution in [3.63, 3.8) is 0 Å². The van der Waals surface area contributed by atoms with Crippen LogP contribution in [0.25, 0.3) is 21.9 Å². The highest BCUT2D eigenvalue weighted by atomic mass is 16.7. The van der Waals surface area contributed by atoms with Gasteiger partial charge >= 0.3 is 0 Å².